The van der Waals surface area contributed by atoms with Gasteiger partial charge in [0.1, 0.15) is 17.3 Å². The molecule has 3 aromatic rings. The Balaban J connectivity index is 1.93. The molecule has 2 N–H and O–H groups in total. The molecule has 0 saturated heterocycles. The quantitative estimate of drug-likeness (QED) is 0.746. The summed E-state index contributed by atoms with van der Waals surface area (Å²) in [6, 6.07) is 9.51. The number of carbonyl (C=O) groups is 1. The minimum absolute atomic E-state index is 0.254. The van der Waals surface area contributed by atoms with Gasteiger partial charge in [0, 0.05) is 38.1 Å². The number of imidazole rings is 1. The summed E-state index contributed by atoms with van der Waals surface area (Å²) < 4.78 is 1.93. The fourth-order valence-corrected chi connectivity index (χ4v) is 2.35. The van der Waals surface area contributed by atoms with Crippen LogP contribution in [0.3, 0.4) is 0 Å². The van der Waals surface area contributed by atoms with E-state index in [9.17, 15) is 4.79 Å². The maximum atomic E-state index is 12.0. The second-order valence-corrected chi connectivity index (χ2v) is 5.72. The highest BCUT2D eigenvalue weighted by Gasteiger charge is 2.12. The molecule has 1 aromatic carbocycles. The predicted molar refractivity (Wildman–Crippen MR) is 96.1 cm³/mol. The van der Waals surface area contributed by atoms with Crippen LogP contribution in [-0.2, 0) is 13.6 Å². The van der Waals surface area contributed by atoms with Crippen molar-refractivity contribution in [1.29, 1.82) is 0 Å². The van der Waals surface area contributed by atoms with Gasteiger partial charge in [-0.05, 0) is 6.92 Å². The molecule has 2 aromatic heterocycles. The number of amides is 1. The number of hydrogen-bond donors (Lipinski definition) is 2. The first-order chi connectivity index (χ1) is 12.1. The Morgan fingerprint density at radius 3 is 2.60 bits per heavy atom. The van der Waals surface area contributed by atoms with Crippen molar-refractivity contribution < 1.29 is 4.79 Å². The van der Waals surface area contributed by atoms with E-state index < -0.39 is 0 Å². The number of nitrogens with one attached hydrogen (secondary N) is 2. The SMILES string of the molecule is CNC(=O)c1cc(NCc2nccn2C)nc(-c2ccc(C)cc2)n1. The molecular formula is C18H20N6O. The molecule has 1 amide bonds. The van der Waals surface area contributed by atoms with Gasteiger partial charge < -0.3 is 15.2 Å². The number of anilines is 1. The molecule has 0 bridgehead atoms. The minimum atomic E-state index is -0.254. The van der Waals surface area contributed by atoms with Crippen molar-refractivity contribution in [2.75, 3.05) is 12.4 Å². The first kappa shape index (κ1) is 16.6. The lowest BCUT2D eigenvalue weighted by atomic mass is 10.1. The van der Waals surface area contributed by atoms with Gasteiger partial charge in [0.05, 0.1) is 6.54 Å². The standard InChI is InChI=1S/C18H20N6O/c1-12-4-6-13(7-5-12)17-22-14(18(25)19-2)10-15(23-17)21-11-16-20-8-9-24(16)3/h4-10H,11H2,1-3H3,(H,19,25)(H,21,22,23). The summed E-state index contributed by atoms with van der Waals surface area (Å²) >= 11 is 0. The largest absolute Gasteiger partial charge is 0.363 e. The van der Waals surface area contributed by atoms with Gasteiger partial charge in [0.2, 0.25) is 0 Å². The maximum Gasteiger partial charge on any atom is 0.269 e. The lowest BCUT2D eigenvalue weighted by molar-refractivity contribution is 0.0958. The zero-order valence-electron chi connectivity index (χ0n) is 14.4. The van der Waals surface area contributed by atoms with E-state index in [0.717, 1.165) is 17.0 Å². The zero-order valence-corrected chi connectivity index (χ0v) is 14.4. The van der Waals surface area contributed by atoms with Crippen LogP contribution in [0.15, 0.2) is 42.7 Å². The van der Waals surface area contributed by atoms with E-state index in [1.165, 1.54) is 0 Å². The first-order valence-electron chi connectivity index (χ1n) is 7.95. The Hall–Kier alpha value is -3.22. The van der Waals surface area contributed by atoms with Crippen molar-refractivity contribution in [3.05, 3.63) is 59.8 Å². The van der Waals surface area contributed by atoms with E-state index in [1.54, 1.807) is 19.3 Å². The van der Waals surface area contributed by atoms with E-state index >= 15 is 0 Å². The molecule has 0 saturated carbocycles. The van der Waals surface area contributed by atoms with Crippen LogP contribution < -0.4 is 10.6 Å². The molecule has 25 heavy (non-hydrogen) atoms. The fraction of sp³-hybridized carbons (Fsp3) is 0.222. The van der Waals surface area contributed by atoms with Gasteiger partial charge in [-0.1, -0.05) is 29.8 Å². The number of nitrogens with zero attached hydrogens (tertiary/aromatic N) is 4. The lowest BCUT2D eigenvalue weighted by Gasteiger charge is -2.10. The van der Waals surface area contributed by atoms with Crippen molar-refractivity contribution in [2.45, 2.75) is 13.5 Å². The van der Waals surface area contributed by atoms with E-state index in [0.29, 0.717) is 23.9 Å². The van der Waals surface area contributed by atoms with E-state index in [1.807, 2.05) is 49.0 Å². The molecule has 2 heterocycles. The van der Waals surface area contributed by atoms with Crippen LogP contribution in [0, 0.1) is 6.92 Å². The normalized spacial score (nSPS) is 10.5. The number of carbonyl (C=O) groups excluding carboxylic acids is 1. The van der Waals surface area contributed by atoms with E-state index in [-0.39, 0.29) is 5.91 Å². The fourth-order valence-electron chi connectivity index (χ4n) is 2.35. The average Bonchev–Trinajstić information content (AvgIpc) is 3.04. The summed E-state index contributed by atoms with van der Waals surface area (Å²) in [6.45, 7) is 2.52. The molecule has 3 rings (SSSR count). The third kappa shape index (κ3) is 3.82. The van der Waals surface area contributed by atoms with Crippen LogP contribution in [0.1, 0.15) is 21.9 Å². The number of aryl methyl sites for hydroxylation is 2. The topological polar surface area (TPSA) is 84.7 Å². The highest BCUT2D eigenvalue weighted by atomic mass is 16.1. The summed E-state index contributed by atoms with van der Waals surface area (Å²) in [4.78, 5) is 25.2. The molecule has 7 heteroatoms. The van der Waals surface area contributed by atoms with Gasteiger partial charge in [-0.2, -0.15) is 0 Å². The van der Waals surface area contributed by atoms with Crippen LogP contribution in [-0.4, -0.2) is 32.5 Å². The van der Waals surface area contributed by atoms with Crippen molar-refractivity contribution in [3.63, 3.8) is 0 Å². The molecule has 128 valence electrons. The number of benzene rings is 1. The molecule has 0 radical (unpaired) electrons. The third-order valence-electron chi connectivity index (χ3n) is 3.84. The van der Waals surface area contributed by atoms with Crippen LogP contribution in [0.5, 0.6) is 0 Å². The van der Waals surface area contributed by atoms with Crippen LogP contribution in [0.2, 0.25) is 0 Å². The van der Waals surface area contributed by atoms with Gasteiger partial charge in [-0.15, -0.1) is 0 Å². The molecule has 0 aliphatic heterocycles. The van der Waals surface area contributed by atoms with Gasteiger partial charge in [0.15, 0.2) is 5.82 Å². The molecule has 0 aliphatic rings. The summed E-state index contributed by atoms with van der Waals surface area (Å²) in [5, 5.41) is 5.82. The number of rotatable bonds is 5. The highest BCUT2D eigenvalue weighted by molar-refractivity contribution is 5.93. The monoisotopic (exact) mass is 336 g/mol. The molecule has 0 fully saturated rings. The number of hydrogen-bond acceptors (Lipinski definition) is 5. The smallest absolute Gasteiger partial charge is 0.269 e. The maximum absolute atomic E-state index is 12.0. The van der Waals surface area contributed by atoms with E-state index in [2.05, 4.69) is 25.6 Å². The molecule has 0 spiro atoms. The second-order valence-electron chi connectivity index (χ2n) is 5.72. The van der Waals surface area contributed by atoms with Crippen molar-refractivity contribution >= 4 is 11.7 Å². The van der Waals surface area contributed by atoms with E-state index in [4.69, 9.17) is 0 Å². The minimum Gasteiger partial charge on any atom is -0.363 e. The van der Waals surface area contributed by atoms with Crippen LogP contribution >= 0.6 is 0 Å². The average molecular weight is 336 g/mol. The first-order valence-corrected chi connectivity index (χ1v) is 7.95. The highest BCUT2D eigenvalue weighted by Crippen LogP contribution is 2.19. The molecular weight excluding hydrogens is 316 g/mol. The van der Waals surface area contributed by atoms with Crippen LogP contribution in [0.25, 0.3) is 11.4 Å². The molecule has 0 atom stereocenters. The number of aromatic nitrogens is 4. The molecule has 0 unspecified atom stereocenters. The summed E-state index contributed by atoms with van der Waals surface area (Å²) in [5.41, 5.74) is 2.33. The Bertz CT molecular complexity index is 885. The Morgan fingerprint density at radius 2 is 1.96 bits per heavy atom. The second kappa shape index (κ2) is 7.12. The predicted octanol–water partition coefficient (Wildman–Crippen LogP) is 2.16. The van der Waals surface area contributed by atoms with Gasteiger partial charge >= 0.3 is 0 Å². The van der Waals surface area contributed by atoms with Crippen molar-refractivity contribution in [3.8, 4) is 11.4 Å². The molecule has 0 aliphatic carbocycles. The van der Waals surface area contributed by atoms with Crippen molar-refractivity contribution in [1.82, 2.24) is 24.8 Å². The van der Waals surface area contributed by atoms with Gasteiger partial charge in [-0.3, -0.25) is 4.79 Å². The Morgan fingerprint density at radius 1 is 1.20 bits per heavy atom. The summed E-state index contributed by atoms with van der Waals surface area (Å²) in [7, 11) is 3.51. The van der Waals surface area contributed by atoms with Crippen molar-refractivity contribution in [2.24, 2.45) is 7.05 Å². The third-order valence-corrected chi connectivity index (χ3v) is 3.84. The zero-order chi connectivity index (χ0) is 17.8. The van der Waals surface area contributed by atoms with Gasteiger partial charge in [-0.25, -0.2) is 15.0 Å². The lowest BCUT2D eigenvalue weighted by Crippen LogP contribution is -2.20. The Kier molecular flexibility index (Phi) is 4.74. The summed E-state index contributed by atoms with van der Waals surface area (Å²) in [6.07, 6.45) is 3.62. The Labute approximate surface area is 146 Å². The van der Waals surface area contributed by atoms with Gasteiger partial charge in [0.25, 0.3) is 5.91 Å². The van der Waals surface area contributed by atoms with Crippen LogP contribution in [0.4, 0.5) is 5.82 Å². The molecule has 7 nitrogen and oxygen atoms in total. The summed E-state index contributed by atoms with van der Waals surface area (Å²) in [5.74, 6) is 1.70.